The quantitative estimate of drug-likeness (QED) is 0.617. The van der Waals surface area contributed by atoms with Crippen molar-refractivity contribution in [1.29, 1.82) is 0 Å². The van der Waals surface area contributed by atoms with Gasteiger partial charge in [-0.2, -0.15) is 0 Å². The second kappa shape index (κ2) is 8.57. The molecule has 1 saturated heterocycles. The molecule has 1 aromatic rings. The first-order chi connectivity index (χ1) is 10.6. The van der Waals surface area contributed by atoms with Gasteiger partial charge in [0.25, 0.3) is 0 Å². The molecule has 22 heavy (non-hydrogen) atoms. The monoisotopic (exact) mass is 300 g/mol. The van der Waals surface area contributed by atoms with Gasteiger partial charge >= 0.3 is 0 Å². The lowest BCUT2D eigenvalue weighted by molar-refractivity contribution is 0.374. The summed E-state index contributed by atoms with van der Waals surface area (Å²) in [7, 11) is 0. The molecule has 1 fully saturated rings. The molecule has 2 nitrogen and oxygen atoms in total. The molecule has 2 radical (unpaired) electrons. The predicted octanol–water partition coefficient (Wildman–Crippen LogP) is 5.09. The number of hydrogen-bond donors (Lipinski definition) is 0. The number of unbranched alkanes of at least 4 members (excludes halogenated alkanes) is 5. The van der Waals surface area contributed by atoms with E-state index in [1.54, 1.807) is 0 Å². The highest BCUT2D eigenvalue weighted by molar-refractivity contribution is 5.61. The number of rotatable bonds is 8. The zero-order valence-corrected chi connectivity index (χ0v) is 14.9. The van der Waals surface area contributed by atoms with E-state index in [9.17, 15) is 0 Å². The van der Waals surface area contributed by atoms with E-state index in [4.69, 9.17) is 0 Å². The van der Waals surface area contributed by atoms with Crippen LogP contribution in [-0.4, -0.2) is 24.5 Å². The van der Waals surface area contributed by atoms with E-state index in [-0.39, 0.29) is 0 Å². The summed E-state index contributed by atoms with van der Waals surface area (Å²) in [5.74, 6) is 0. The Bertz CT molecular complexity index is 444. The Kier molecular flexibility index (Phi) is 6.75. The average molecular weight is 300 g/mol. The third-order valence-corrected chi connectivity index (χ3v) is 4.54. The summed E-state index contributed by atoms with van der Waals surface area (Å²) in [5.41, 5.74) is 5.44. The van der Waals surface area contributed by atoms with Crippen molar-refractivity contribution >= 4 is 5.69 Å². The highest BCUT2D eigenvalue weighted by Gasteiger charge is 2.23. The van der Waals surface area contributed by atoms with Crippen LogP contribution < -0.4 is 4.90 Å². The van der Waals surface area contributed by atoms with E-state index < -0.39 is 0 Å². The molecule has 1 aliphatic rings. The van der Waals surface area contributed by atoms with Gasteiger partial charge < -0.3 is 4.90 Å². The van der Waals surface area contributed by atoms with Gasteiger partial charge in [0, 0.05) is 25.3 Å². The lowest BCUT2D eigenvalue weighted by Gasteiger charge is -2.22. The van der Waals surface area contributed by atoms with E-state index in [1.807, 2.05) is 0 Å². The molecule has 0 spiro atoms. The van der Waals surface area contributed by atoms with Crippen LogP contribution >= 0.6 is 0 Å². The minimum Gasteiger partial charge on any atom is -0.345 e. The summed E-state index contributed by atoms with van der Waals surface area (Å²) in [6.45, 7) is 15.8. The van der Waals surface area contributed by atoms with Crippen molar-refractivity contribution in [3.8, 4) is 0 Å². The fourth-order valence-electron chi connectivity index (χ4n) is 3.50. The van der Waals surface area contributed by atoms with Gasteiger partial charge in [0.2, 0.25) is 0 Å². The Hall–Kier alpha value is -1.02. The van der Waals surface area contributed by atoms with Gasteiger partial charge in [-0.1, -0.05) is 56.7 Å². The molecule has 0 atom stereocenters. The van der Waals surface area contributed by atoms with Crippen molar-refractivity contribution in [2.24, 2.45) is 0 Å². The third-order valence-electron chi connectivity index (χ3n) is 4.54. The Morgan fingerprint density at radius 2 is 1.55 bits per heavy atom. The van der Waals surface area contributed by atoms with Crippen molar-refractivity contribution < 1.29 is 0 Å². The summed E-state index contributed by atoms with van der Waals surface area (Å²) < 4.78 is 0. The van der Waals surface area contributed by atoms with Crippen molar-refractivity contribution in [2.75, 3.05) is 24.5 Å². The summed E-state index contributed by atoms with van der Waals surface area (Å²) >= 11 is 0. The smallest absolute Gasteiger partial charge is 0.177 e. The van der Waals surface area contributed by atoms with Crippen molar-refractivity contribution in [3.05, 3.63) is 35.5 Å². The van der Waals surface area contributed by atoms with Crippen LogP contribution in [0.3, 0.4) is 0 Å². The molecular formula is C20H32N2. The Balaban J connectivity index is 1.78. The van der Waals surface area contributed by atoms with Crippen LogP contribution in [0.2, 0.25) is 0 Å². The molecule has 0 unspecified atom stereocenters. The van der Waals surface area contributed by atoms with Crippen LogP contribution in [-0.2, 0) is 0 Å². The summed E-state index contributed by atoms with van der Waals surface area (Å²) in [6, 6.07) is 4.56. The van der Waals surface area contributed by atoms with Gasteiger partial charge in [0.15, 0.2) is 6.67 Å². The lowest BCUT2D eigenvalue weighted by Crippen LogP contribution is -2.21. The predicted molar refractivity (Wildman–Crippen MR) is 96.2 cm³/mol. The van der Waals surface area contributed by atoms with Gasteiger partial charge in [-0.3, -0.25) is 4.90 Å². The first kappa shape index (κ1) is 17.3. The van der Waals surface area contributed by atoms with Crippen LogP contribution in [0, 0.1) is 27.4 Å². The van der Waals surface area contributed by atoms with E-state index in [1.165, 1.54) is 60.9 Å². The van der Waals surface area contributed by atoms with E-state index in [0.29, 0.717) is 0 Å². The average Bonchev–Trinajstić information content (AvgIpc) is 2.90. The van der Waals surface area contributed by atoms with Gasteiger partial charge in [0.05, 0.1) is 0 Å². The highest BCUT2D eigenvalue weighted by Crippen LogP contribution is 2.29. The van der Waals surface area contributed by atoms with Crippen LogP contribution in [0.4, 0.5) is 5.69 Å². The molecule has 2 heteroatoms. The van der Waals surface area contributed by atoms with Crippen molar-refractivity contribution in [3.63, 3.8) is 0 Å². The SMILES string of the molecule is CCCCCCCCN1[C]N(c2c(C)cc(C)cc2C)CC1. The van der Waals surface area contributed by atoms with Gasteiger partial charge in [-0.25, -0.2) is 0 Å². The maximum Gasteiger partial charge on any atom is 0.177 e. The Morgan fingerprint density at radius 1 is 0.909 bits per heavy atom. The lowest BCUT2D eigenvalue weighted by atomic mass is 10.0. The minimum atomic E-state index is 1.07. The van der Waals surface area contributed by atoms with Crippen molar-refractivity contribution in [2.45, 2.75) is 66.2 Å². The zero-order chi connectivity index (χ0) is 15.9. The van der Waals surface area contributed by atoms with Crippen LogP contribution in [0.25, 0.3) is 0 Å². The minimum absolute atomic E-state index is 1.07. The first-order valence-corrected chi connectivity index (χ1v) is 8.98. The highest BCUT2D eigenvalue weighted by atomic mass is 15.4. The largest absolute Gasteiger partial charge is 0.345 e. The van der Waals surface area contributed by atoms with Crippen molar-refractivity contribution in [1.82, 2.24) is 4.90 Å². The fraction of sp³-hybridized carbons (Fsp3) is 0.650. The van der Waals surface area contributed by atoms with E-state index >= 15 is 0 Å². The maximum absolute atomic E-state index is 3.58. The molecule has 0 N–H and O–H groups in total. The molecule has 0 aliphatic carbocycles. The molecule has 1 heterocycles. The molecule has 0 aromatic heterocycles. The third kappa shape index (κ3) is 4.74. The van der Waals surface area contributed by atoms with Crippen LogP contribution in [0.5, 0.6) is 0 Å². The number of aryl methyl sites for hydroxylation is 3. The van der Waals surface area contributed by atoms with Gasteiger partial charge in [0.1, 0.15) is 0 Å². The second-order valence-electron chi connectivity index (χ2n) is 6.75. The van der Waals surface area contributed by atoms with Crippen LogP contribution in [0.1, 0.15) is 62.1 Å². The molecule has 0 amide bonds. The van der Waals surface area contributed by atoms with Gasteiger partial charge in [-0.15, -0.1) is 0 Å². The number of nitrogens with zero attached hydrogens (tertiary/aromatic N) is 2. The maximum atomic E-state index is 3.58. The Labute approximate surface area is 137 Å². The van der Waals surface area contributed by atoms with Crippen LogP contribution in [0.15, 0.2) is 12.1 Å². The summed E-state index contributed by atoms with van der Waals surface area (Å²) in [5, 5.41) is 0. The number of benzene rings is 1. The number of anilines is 1. The summed E-state index contributed by atoms with van der Waals surface area (Å²) in [4.78, 5) is 4.69. The van der Waals surface area contributed by atoms with E-state index in [0.717, 1.165) is 19.6 Å². The van der Waals surface area contributed by atoms with Gasteiger partial charge in [-0.05, 0) is 38.3 Å². The standard InChI is InChI=1S/C20H32N2/c1-5-6-7-8-9-10-11-21-12-13-22(16-21)20-18(3)14-17(2)15-19(20)4/h14-15H,5-13H2,1-4H3. The molecule has 0 saturated carbocycles. The molecule has 2 rings (SSSR count). The molecule has 1 aromatic carbocycles. The fourth-order valence-corrected chi connectivity index (χ4v) is 3.50. The number of hydrogen-bond acceptors (Lipinski definition) is 2. The van der Waals surface area contributed by atoms with E-state index in [2.05, 4.69) is 56.3 Å². The molecular weight excluding hydrogens is 268 g/mol. The zero-order valence-electron chi connectivity index (χ0n) is 14.9. The molecule has 1 aliphatic heterocycles. The molecule has 0 bridgehead atoms. The molecule has 122 valence electrons. The Morgan fingerprint density at radius 3 is 2.23 bits per heavy atom. The second-order valence-corrected chi connectivity index (χ2v) is 6.75. The topological polar surface area (TPSA) is 6.48 Å². The first-order valence-electron chi connectivity index (χ1n) is 8.98. The normalized spacial score (nSPS) is 15.7. The summed E-state index contributed by atoms with van der Waals surface area (Å²) in [6.07, 6.45) is 8.18.